The number of para-hydroxylation sites is 1. The molecule has 0 saturated carbocycles. The molecule has 1 amide bonds. The molecule has 0 unspecified atom stereocenters. The molecule has 0 saturated heterocycles. The highest BCUT2D eigenvalue weighted by Gasteiger charge is 2.10. The molecular formula is C20H23NO5. The van der Waals surface area contributed by atoms with Crippen LogP contribution in [0.1, 0.15) is 16.7 Å². The summed E-state index contributed by atoms with van der Waals surface area (Å²) in [6.45, 7) is 3.57. The lowest BCUT2D eigenvalue weighted by Gasteiger charge is -2.11. The minimum Gasteiger partial charge on any atom is -0.497 e. The number of carbonyl (C=O) groups excluding carboxylic acids is 2. The Morgan fingerprint density at radius 3 is 2.23 bits per heavy atom. The fourth-order valence-electron chi connectivity index (χ4n) is 2.34. The molecule has 6 heteroatoms. The van der Waals surface area contributed by atoms with Crippen molar-refractivity contribution in [3.63, 3.8) is 0 Å². The van der Waals surface area contributed by atoms with Gasteiger partial charge < -0.3 is 19.5 Å². The van der Waals surface area contributed by atoms with Gasteiger partial charge in [-0.3, -0.25) is 4.79 Å². The lowest BCUT2D eigenvalue weighted by molar-refractivity contribution is -0.150. The van der Waals surface area contributed by atoms with Crippen LogP contribution < -0.4 is 14.8 Å². The maximum absolute atomic E-state index is 11.8. The van der Waals surface area contributed by atoms with Gasteiger partial charge in [-0.1, -0.05) is 30.3 Å². The van der Waals surface area contributed by atoms with Gasteiger partial charge in [0.1, 0.15) is 11.5 Å². The van der Waals surface area contributed by atoms with E-state index in [1.165, 1.54) is 0 Å². The molecule has 0 aliphatic rings. The molecule has 0 spiro atoms. The molecule has 0 atom stereocenters. The first-order valence-corrected chi connectivity index (χ1v) is 8.24. The van der Waals surface area contributed by atoms with Crippen LogP contribution in [-0.2, 0) is 20.9 Å². The molecule has 0 radical (unpaired) electrons. The van der Waals surface area contributed by atoms with Crippen molar-refractivity contribution in [1.82, 2.24) is 5.32 Å². The second-order valence-corrected chi connectivity index (χ2v) is 5.80. The first-order chi connectivity index (χ1) is 12.5. The molecule has 26 heavy (non-hydrogen) atoms. The normalized spacial score (nSPS) is 10.1. The predicted molar refractivity (Wildman–Crippen MR) is 97.2 cm³/mol. The average molecular weight is 357 g/mol. The smallest absolute Gasteiger partial charge is 0.344 e. The maximum Gasteiger partial charge on any atom is 0.344 e. The predicted octanol–water partition coefficient (Wildman–Crippen LogP) is 2.55. The van der Waals surface area contributed by atoms with E-state index in [1.54, 1.807) is 7.11 Å². The number of methoxy groups -OCH3 is 1. The van der Waals surface area contributed by atoms with Gasteiger partial charge in [-0.25, -0.2) is 4.79 Å². The van der Waals surface area contributed by atoms with E-state index in [2.05, 4.69) is 5.32 Å². The summed E-state index contributed by atoms with van der Waals surface area (Å²) >= 11 is 0. The van der Waals surface area contributed by atoms with Gasteiger partial charge in [0, 0.05) is 6.54 Å². The van der Waals surface area contributed by atoms with Gasteiger partial charge in [-0.05, 0) is 42.7 Å². The Kier molecular flexibility index (Phi) is 7.02. The summed E-state index contributed by atoms with van der Waals surface area (Å²) in [5.41, 5.74) is 2.80. The summed E-state index contributed by atoms with van der Waals surface area (Å²) in [5.74, 6) is 0.444. The quantitative estimate of drug-likeness (QED) is 0.735. The minimum absolute atomic E-state index is 0.239. The molecule has 2 aromatic carbocycles. The van der Waals surface area contributed by atoms with Crippen molar-refractivity contribution in [1.29, 1.82) is 0 Å². The monoisotopic (exact) mass is 357 g/mol. The minimum atomic E-state index is -0.591. The third-order valence-corrected chi connectivity index (χ3v) is 3.76. The van der Waals surface area contributed by atoms with Gasteiger partial charge in [-0.15, -0.1) is 0 Å². The molecule has 0 bridgehead atoms. The Morgan fingerprint density at radius 2 is 1.62 bits per heavy atom. The summed E-state index contributed by atoms with van der Waals surface area (Å²) in [5, 5.41) is 2.69. The molecular weight excluding hydrogens is 334 g/mol. The van der Waals surface area contributed by atoms with E-state index in [9.17, 15) is 9.59 Å². The SMILES string of the molecule is COc1ccc(CNC(=O)COC(=O)COc2c(C)cccc2C)cc1. The molecule has 6 nitrogen and oxygen atoms in total. The summed E-state index contributed by atoms with van der Waals surface area (Å²) in [4.78, 5) is 23.5. The van der Waals surface area contributed by atoms with Crippen LogP contribution in [0.25, 0.3) is 0 Å². The Labute approximate surface area is 153 Å². The van der Waals surface area contributed by atoms with Crippen molar-refractivity contribution in [3.8, 4) is 11.5 Å². The highest BCUT2D eigenvalue weighted by atomic mass is 16.6. The summed E-state index contributed by atoms with van der Waals surface area (Å²) in [7, 11) is 1.59. The first kappa shape index (κ1) is 19.3. The third kappa shape index (κ3) is 5.81. The van der Waals surface area contributed by atoms with Gasteiger partial charge in [0.2, 0.25) is 0 Å². The van der Waals surface area contributed by atoms with E-state index in [1.807, 2.05) is 56.3 Å². The second kappa shape index (κ2) is 9.46. The van der Waals surface area contributed by atoms with Crippen LogP contribution in [0.2, 0.25) is 0 Å². The van der Waals surface area contributed by atoms with Crippen LogP contribution in [0.3, 0.4) is 0 Å². The molecule has 2 rings (SSSR count). The molecule has 0 fully saturated rings. The molecule has 0 aliphatic heterocycles. The topological polar surface area (TPSA) is 73.9 Å². The van der Waals surface area contributed by atoms with Crippen molar-refractivity contribution < 1.29 is 23.8 Å². The zero-order valence-electron chi connectivity index (χ0n) is 15.2. The average Bonchev–Trinajstić information content (AvgIpc) is 2.64. The number of carbonyl (C=O) groups is 2. The number of amides is 1. The standard InChI is InChI=1S/C20H23NO5/c1-14-5-4-6-15(2)20(14)26-13-19(23)25-12-18(22)21-11-16-7-9-17(24-3)10-8-16/h4-10H,11-13H2,1-3H3,(H,21,22). The number of ether oxygens (including phenoxy) is 3. The van der Waals surface area contributed by atoms with Gasteiger partial charge in [-0.2, -0.15) is 0 Å². The van der Waals surface area contributed by atoms with Crippen LogP contribution >= 0.6 is 0 Å². The first-order valence-electron chi connectivity index (χ1n) is 8.24. The van der Waals surface area contributed by atoms with E-state index < -0.39 is 5.97 Å². The largest absolute Gasteiger partial charge is 0.497 e. The number of benzene rings is 2. The number of rotatable bonds is 8. The van der Waals surface area contributed by atoms with E-state index in [-0.39, 0.29) is 19.1 Å². The Morgan fingerprint density at radius 1 is 0.962 bits per heavy atom. The molecule has 138 valence electrons. The van der Waals surface area contributed by atoms with Crippen molar-refractivity contribution in [2.24, 2.45) is 0 Å². The number of aryl methyl sites for hydroxylation is 2. The van der Waals surface area contributed by atoms with Crippen molar-refractivity contribution in [3.05, 3.63) is 59.2 Å². The summed E-state index contributed by atoms with van der Waals surface area (Å²) in [6, 6.07) is 13.1. The molecule has 0 aromatic heterocycles. The Balaban J connectivity index is 1.70. The summed E-state index contributed by atoms with van der Waals surface area (Å²) < 4.78 is 15.5. The molecule has 2 aromatic rings. The zero-order chi connectivity index (χ0) is 18.9. The maximum atomic E-state index is 11.8. The van der Waals surface area contributed by atoms with Gasteiger partial charge in [0.25, 0.3) is 5.91 Å². The number of hydrogen-bond donors (Lipinski definition) is 1. The second-order valence-electron chi connectivity index (χ2n) is 5.80. The summed E-state index contributed by atoms with van der Waals surface area (Å²) in [6.07, 6.45) is 0. The van der Waals surface area contributed by atoms with Crippen molar-refractivity contribution >= 4 is 11.9 Å². The highest BCUT2D eigenvalue weighted by Crippen LogP contribution is 2.22. The van der Waals surface area contributed by atoms with Crippen LogP contribution in [0.15, 0.2) is 42.5 Å². The third-order valence-electron chi connectivity index (χ3n) is 3.76. The fourth-order valence-corrected chi connectivity index (χ4v) is 2.34. The fraction of sp³-hybridized carbons (Fsp3) is 0.300. The molecule has 1 N–H and O–H groups in total. The van der Waals surface area contributed by atoms with E-state index in [0.717, 1.165) is 22.4 Å². The number of nitrogens with one attached hydrogen (secondary N) is 1. The van der Waals surface area contributed by atoms with Gasteiger partial charge in [0.05, 0.1) is 7.11 Å². The lowest BCUT2D eigenvalue weighted by atomic mass is 10.1. The Hall–Kier alpha value is -3.02. The van der Waals surface area contributed by atoms with Crippen molar-refractivity contribution in [2.45, 2.75) is 20.4 Å². The lowest BCUT2D eigenvalue weighted by Crippen LogP contribution is -2.29. The van der Waals surface area contributed by atoms with E-state index in [0.29, 0.717) is 12.3 Å². The Bertz CT molecular complexity index is 735. The van der Waals surface area contributed by atoms with E-state index >= 15 is 0 Å². The molecule has 0 aliphatic carbocycles. The number of esters is 1. The zero-order valence-corrected chi connectivity index (χ0v) is 15.2. The van der Waals surface area contributed by atoms with Gasteiger partial charge in [0.15, 0.2) is 13.2 Å². The van der Waals surface area contributed by atoms with Crippen LogP contribution in [-0.4, -0.2) is 32.2 Å². The van der Waals surface area contributed by atoms with E-state index in [4.69, 9.17) is 14.2 Å². The highest BCUT2D eigenvalue weighted by molar-refractivity contribution is 5.80. The van der Waals surface area contributed by atoms with Crippen LogP contribution in [0.5, 0.6) is 11.5 Å². The van der Waals surface area contributed by atoms with Crippen LogP contribution in [0.4, 0.5) is 0 Å². The van der Waals surface area contributed by atoms with Crippen molar-refractivity contribution in [2.75, 3.05) is 20.3 Å². The molecule has 0 heterocycles. The van der Waals surface area contributed by atoms with Crippen LogP contribution in [0, 0.1) is 13.8 Å². The van der Waals surface area contributed by atoms with Gasteiger partial charge >= 0.3 is 5.97 Å². The number of hydrogen-bond acceptors (Lipinski definition) is 5.